The molecule has 0 amide bonds. The van der Waals surface area contributed by atoms with Gasteiger partial charge in [0.15, 0.2) is 0 Å². The van der Waals surface area contributed by atoms with E-state index in [9.17, 15) is 4.79 Å². The van der Waals surface area contributed by atoms with E-state index in [0.717, 1.165) is 29.2 Å². The topological polar surface area (TPSA) is 52.6 Å². The number of anilines is 1. The molecule has 0 radical (unpaired) electrons. The molecular formula is C20H21ClN2O2. The molecule has 4 rings (SSSR count). The standard InChI is InChI=1S/C20H21ClN2O2/c1-23-10-2-3-15-18(12-4-6-13(7-5-12)20(24)25)22-17-9-8-14(21)11-16(17)19(15)23/h4-9,11,15,18-19,22H,2-3,10H2,1H3,(H,24,25)/t15-,18-,19-/m1/s1. The number of likely N-dealkylation sites (tertiary alicyclic amines) is 1. The number of hydrogen-bond acceptors (Lipinski definition) is 3. The molecule has 4 nitrogen and oxygen atoms in total. The summed E-state index contributed by atoms with van der Waals surface area (Å²) in [5, 5.41) is 13.6. The molecule has 0 saturated carbocycles. The smallest absolute Gasteiger partial charge is 0.335 e. The number of carbonyl (C=O) groups is 1. The molecule has 2 N–H and O–H groups in total. The molecule has 2 aliphatic heterocycles. The van der Waals surface area contributed by atoms with Crippen LogP contribution in [0.25, 0.3) is 0 Å². The molecule has 1 fully saturated rings. The molecule has 0 aromatic heterocycles. The lowest BCUT2D eigenvalue weighted by Crippen LogP contribution is -2.43. The van der Waals surface area contributed by atoms with Crippen molar-refractivity contribution >= 4 is 23.3 Å². The van der Waals surface area contributed by atoms with Crippen molar-refractivity contribution in [2.45, 2.75) is 24.9 Å². The number of carboxylic acid groups (broad SMARTS) is 1. The van der Waals surface area contributed by atoms with Gasteiger partial charge in [-0.25, -0.2) is 4.79 Å². The van der Waals surface area contributed by atoms with Crippen LogP contribution in [0.4, 0.5) is 5.69 Å². The van der Waals surface area contributed by atoms with Crippen molar-refractivity contribution in [3.63, 3.8) is 0 Å². The van der Waals surface area contributed by atoms with Crippen molar-refractivity contribution in [3.05, 3.63) is 64.2 Å². The summed E-state index contributed by atoms with van der Waals surface area (Å²) in [5.74, 6) is -0.459. The van der Waals surface area contributed by atoms with E-state index in [1.54, 1.807) is 12.1 Å². The summed E-state index contributed by atoms with van der Waals surface area (Å²) in [4.78, 5) is 13.5. The summed E-state index contributed by atoms with van der Waals surface area (Å²) in [6.07, 6.45) is 2.30. The number of piperidine rings is 1. The van der Waals surface area contributed by atoms with Gasteiger partial charge in [-0.3, -0.25) is 4.90 Å². The molecule has 0 spiro atoms. The van der Waals surface area contributed by atoms with Crippen LogP contribution >= 0.6 is 11.6 Å². The maximum Gasteiger partial charge on any atom is 0.335 e. The number of aromatic carboxylic acids is 1. The largest absolute Gasteiger partial charge is 0.478 e. The maximum absolute atomic E-state index is 11.1. The Labute approximate surface area is 152 Å². The predicted molar refractivity (Wildman–Crippen MR) is 99.3 cm³/mol. The van der Waals surface area contributed by atoms with Crippen LogP contribution in [0.2, 0.25) is 5.02 Å². The molecule has 2 heterocycles. The van der Waals surface area contributed by atoms with Gasteiger partial charge in [0.05, 0.1) is 11.6 Å². The summed E-state index contributed by atoms with van der Waals surface area (Å²) >= 11 is 6.25. The maximum atomic E-state index is 11.1. The summed E-state index contributed by atoms with van der Waals surface area (Å²) in [6.45, 7) is 1.08. The molecule has 25 heavy (non-hydrogen) atoms. The van der Waals surface area contributed by atoms with Gasteiger partial charge >= 0.3 is 5.97 Å². The lowest BCUT2D eigenvalue weighted by atomic mass is 9.74. The van der Waals surface area contributed by atoms with Crippen LogP contribution in [0.15, 0.2) is 42.5 Å². The summed E-state index contributed by atoms with van der Waals surface area (Å²) in [5.41, 5.74) is 3.84. The van der Waals surface area contributed by atoms with Crippen molar-refractivity contribution < 1.29 is 9.90 Å². The first-order chi connectivity index (χ1) is 12.0. The van der Waals surface area contributed by atoms with Crippen molar-refractivity contribution in [3.8, 4) is 0 Å². The highest BCUT2D eigenvalue weighted by Gasteiger charge is 2.41. The molecule has 2 aromatic carbocycles. The fourth-order valence-corrected chi connectivity index (χ4v) is 4.55. The lowest BCUT2D eigenvalue weighted by Gasteiger charge is -2.48. The summed E-state index contributed by atoms with van der Waals surface area (Å²) < 4.78 is 0. The van der Waals surface area contributed by atoms with Gasteiger partial charge in [-0.2, -0.15) is 0 Å². The molecule has 0 aliphatic carbocycles. The van der Waals surface area contributed by atoms with Crippen LogP contribution in [0.5, 0.6) is 0 Å². The Morgan fingerprint density at radius 3 is 2.72 bits per heavy atom. The van der Waals surface area contributed by atoms with E-state index in [2.05, 4.69) is 29.4 Å². The van der Waals surface area contributed by atoms with Gasteiger partial charge in [-0.15, -0.1) is 0 Å². The van der Waals surface area contributed by atoms with Crippen molar-refractivity contribution in [2.75, 3.05) is 18.9 Å². The number of rotatable bonds is 2. The molecular weight excluding hydrogens is 336 g/mol. The van der Waals surface area contributed by atoms with E-state index in [4.69, 9.17) is 16.7 Å². The van der Waals surface area contributed by atoms with Crippen LogP contribution in [-0.4, -0.2) is 29.6 Å². The third-order valence-electron chi connectivity index (χ3n) is 5.52. The first kappa shape index (κ1) is 16.4. The fourth-order valence-electron chi connectivity index (χ4n) is 4.37. The number of fused-ring (bicyclic) bond motifs is 3. The molecule has 2 aliphatic rings. The zero-order valence-corrected chi connectivity index (χ0v) is 14.8. The first-order valence-corrected chi connectivity index (χ1v) is 9.02. The normalized spacial score (nSPS) is 25.6. The number of nitrogens with one attached hydrogen (secondary N) is 1. The third kappa shape index (κ3) is 2.90. The molecule has 2 aromatic rings. The van der Waals surface area contributed by atoms with E-state index in [1.165, 1.54) is 12.0 Å². The summed E-state index contributed by atoms with van der Waals surface area (Å²) in [6, 6.07) is 13.8. The Morgan fingerprint density at radius 1 is 1.24 bits per heavy atom. The van der Waals surface area contributed by atoms with Crippen LogP contribution in [0.3, 0.4) is 0 Å². The molecule has 130 valence electrons. The Hall–Kier alpha value is -2.04. The Morgan fingerprint density at radius 2 is 2.00 bits per heavy atom. The number of carboxylic acids is 1. The van der Waals surface area contributed by atoms with E-state index in [0.29, 0.717) is 17.5 Å². The Kier molecular flexibility index (Phi) is 4.18. The predicted octanol–water partition coefficient (Wildman–Crippen LogP) is 4.59. The quantitative estimate of drug-likeness (QED) is 0.826. The third-order valence-corrected chi connectivity index (χ3v) is 5.75. The SMILES string of the molecule is CN1CCC[C@@H]2[C@@H](c3ccc(C(=O)O)cc3)Nc3ccc(Cl)cc3[C@@H]21. The number of halogens is 1. The minimum atomic E-state index is -0.890. The van der Waals surface area contributed by atoms with Crippen molar-refractivity contribution in [1.29, 1.82) is 0 Å². The Bertz CT molecular complexity index is 806. The monoisotopic (exact) mass is 356 g/mol. The van der Waals surface area contributed by atoms with Gasteiger partial charge in [-0.1, -0.05) is 23.7 Å². The van der Waals surface area contributed by atoms with Gasteiger partial charge < -0.3 is 10.4 Å². The van der Waals surface area contributed by atoms with Gasteiger partial charge in [-0.05, 0) is 67.9 Å². The second kappa shape index (κ2) is 6.36. The Balaban J connectivity index is 1.76. The first-order valence-electron chi connectivity index (χ1n) is 8.64. The zero-order chi connectivity index (χ0) is 17.6. The van der Waals surface area contributed by atoms with Gasteiger partial charge in [0, 0.05) is 22.7 Å². The number of benzene rings is 2. The minimum Gasteiger partial charge on any atom is -0.478 e. The average molecular weight is 357 g/mol. The highest BCUT2D eigenvalue weighted by molar-refractivity contribution is 6.30. The summed E-state index contributed by atoms with van der Waals surface area (Å²) in [7, 11) is 2.18. The second-order valence-corrected chi connectivity index (χ2v) is 7.45. The van der Waals surface area contributed by atoms with Gasteiger partial charge in [0.2, 0.25) is 0 Å². The lowest BCUT2D eigenvalue weighted by molar-refractivity contribution is 0.0697. The fraction of sp³-hybridized carbons (Fsp3) is 0.350. The molecule has 5 heteroatoms. The average Bonchev–Trinajstić information content (AvgIpc) is 2.61. The van der Waals surface area contributed by atoms with E-state index < -0.39 is 5.97 Å². The van der Waals surface area contributed by atoms with Crippen LogP contribution < -0.4 is 5.32 Å². The van der Waals surface area contributed by atoms with E-state index >= 15 is 0 Å². The van der Waals surface area contributed by atoms with Crippen LogP contribution in [0, 0.1) is 5.92 Å². The van der Waals surface area contributed by atoms with E-state index in [-0.39, 0.29) is 6.04 Å². The highest BCUT2D eigenvalue weighted by atomic mass is 35.5. The molecule has 1 saturated heterocycles. The number of nitrogens with zero attached hydrogens (tertiary/aromatic N) is 1. The number of hydrogen-bond donors (Lipinski definition) is 2. The second-order valence-electron chi connectivity index (χ2n) is 7.01. The highest BCUT2D eigenvalue weighted by Crippen LogP contribution is 2.50. The molecule has 3 atom stereocenters. The van der Waals surface area contributed by atoms with E-state index in [1.807, 2.05) is 18.2 Å². The van der Waals surface area contributed by atoms with Crippen LogP contribution in [0.1, 0.15) is 46.4 Å². The van der Waals surface area contributed by atoms with Gasteiger partial charge in [0.1, 0.15) is 0 Å². The zero-order valence-electron chi connectivity index (χ0n) is 14.1. The van der Waals surface area contributed by atoms with Crippen LogP contribution in [-0.2, 0) is 0 Å². The van der Waals surface area contributed by atoms with Gasteiger partial charge in [0.25, 0.3) is 0 Å². The van der Waals surface area contributed by atoms with Crippen molar-refractivity contribution in [1.82, 2.24) is 4.90 Å². The molecule has 0 unspecified atom stereocenters. The van der Waals surface area contributed by atoms with Crippen molar-refractivity contribution in [2.24, 2.45) is 5.92 Å². The minimum absolute atomic E-state index is 0.171. The molecule has 0 bridgehead atoms.